The zero-order valence-corrected chi connectivity index (χ0v) is 13.8. The van der Waals surface area contributed by atoms with Crippen molar-refractivity contribution < 1.29 is 4.79 Å². The van der Waals surface area contributed by atoms with E-state index in [0.29, 0.717) is 5.56 Å². The second-order valence-corrected chi connectivity index (χ2v) is 7.54. The van der Waals surface area contributed by atoms with Gasteiger partial charge in [0.15, 0.2) is 0 Å². The first kappa shape index (κ1) is 14.8. The van der Waals surface area contributed by atoms with Crippen molar-refractivity contribution in [3.63, 3.8) is 0 Å². The SMILES string of the molecule is NC1(n2cc(C3(NC(=O)c4ccsc4)CCCCC3)nn2)CC1. The van der Waals surface area contributed by atoms with E-state index in [4.69, 9.17) is 5.73 Å². The van der Waals surface area contributed by atoms with Gasteiger partial charge in [-0.15, -0.1) is 5.10 Å². The first-order valence-corrected chi connectivity index (χ1v) is 9.13. The van der Waals surface area contributed by atoms with E-state index >= 15 is 0 Å². The van der Waals surface area contributed by atoms with Gasteiger partial charge in [-0.25, -0.2) is 4.68 Å². The number of rotatable bonds is 4. The van der Waals surface area contributed by atoms with Gasteiger partial charge in [0.25, 0.3) is 5.91 Å². The number of carbonyl (C=O) groups is 1. The van der Waals surface area contributed by atoms with Gasteiger partial charge in [-0.2, -0.15) is 11.3 Å². The maximum atomic E-state index is 12.6. The molecular weight excluding hydrogens is 310 g/mol. The zero-order valence-electron chi connectivity index (χ0n) is 13.0. The van der Waals surface area contributed by atoms with Crippen LogP contribution in [0.25, 0.3) is 0 Å². The normalized spacial score (nSPS) is 21.8. The molecule has 2 aromatic rings. The summed E-state index contributed by atoms with van der Waals surface area (Å²) in [5, 5.41) is 15.7. The summed E-state index contributed by atoms with van der Waals surface area (Å²) in [6.07, 6.45) is 8.98. The summed E-state index contributed by atoms with van der Waals surface area (Å²) in [4.78, 5) is 12.6. The molecule has 6 nitrogen and oxygen atoms in total. The number of amides is 1. The molecule has 1 amide bonds. The van der Waals surface area contributed by atoms with Crippen LogP contribution in [0.5, 0.6) is 0 Å². The number of nitrogens with two attached hydrogens (primary N) is 1. The second-order valence-electron chi connectivity index (χ2n) is 6.76. The van der Waals surface area contributed by atoms with E-state index in [0.717, 1.165) is 44.2 Å². The van der Waals surface area contributed by atoms with Crippen molar-refractivity contribution in [2.75, 3.05) is 0 Å². The first-order chi connectivity index (χ1) is 11.1. The average Bonchev–Trinajstić information content (AvgIpc) is 3.05. The molecule has 2 aliphatic rings. The molecule has 0 atom stereocenters. The highest BCUT2D eigenvalue weighted by molar-refractivity contribution is 7.08. The third kappa shape index (κ3) is 2.68. The molecule has 0 radical (unpaired) electrons. The predicted octanol–water partition coefficient (Wildman–Crippen LogP) is 2.33. The number of aromatic nitrogens is 3. The summed E-state index contributed by atoms with van der Waals surface area (Å²) in [5.41, 5.74) is 6.99. The lowest BCUT2D eigenvalue weighted by atomic mass is 9.79. The molecule has 122 valence electrons. The van der Waals surface area contributed by atoms with Gasteiger partial charge in [-0.1, -0.05) is 24.5 Å². The van der Waals surface area contributed by atoms with Gasteiger partial charge < -0.3 is 11.1 Å². The minimum atomic E-state index is -0.416. The molecule has 2 aromatic heterocycles. The van der Waals surface area contributed by atoms with E-state index in [1.54, 1.807) is 4.68 Å². The van der Waals surface area contributed by atoms with Crippen LogP contribution < -0.4 is 11.1 Å². The molecule has 4 rings (SSSR count). The third-order valence-electron chi connectivity index (χ3n) is 5.05. The van der Waals surface area contributed by atoms with Crippen LogP contribution in [0.15, 0.2) is 23.0 Å². The van der Waals surface area contributed by atoms with Crippen LogP contribution in [-0.4, -0.2) is 20.9 Å². The molecule has 23 heavy (non-hydrogen) atoms. The van der Waals surface area contributed by atoms with Crippen molar-refractivity contribution >= 4 is 17.2 Å². The van der Waals surface area contributed by atoms with E-state index in [1.807, 2.05) is 23.0 Å². The Bertz CT molecular complexity index is 698. The van der Waals surface area contributed by atoms with E-state index in [-0.39, 0.29) is 11.6 Å². The molecule has 2 heterocycles. The Hall–Kier alpha value is -1.73. The van der Waals surface area contributed by atoms with Gasteiger partial charge in [-0.3, -0.25) is 4.79 Å². The largest absolute Gasteiger partial charge is 0.341 e. The van der Waals surface area contributed by atoms with Crippen LogP contribution >= 0.6 is 11.3 Å². The summed E-state index contributed by atoms with van der Waals surface area (Å²) in [7, 11) is 0. The number of hydrogen-bond acceptors (Lipinski definition) is 5. The van der Waals surface area contributed by atoms with Crippen molar-refractivity contribution in [3.05, 3.63) is 34.3 Å². The van der Waals surface area contributed by atoms with Gasteiger partial charge in [0.05, 0.1) is 17.3 Å². The van der Waals surface area contributed by atoms with Crippen molar-refractivity contribution in [2.45, 2.75) is 56.1 Å². The Kier molecular flexibility index (Phi) is 3.50. The van der Waals surface area contributed by atoms with Crippen LogP contribution in [0, 0.1) is 0 Å². The van der Waals surface area contributed by atoms with Gasteiger partial charge in [-0.05, 0) is 37.1 Å². The molecule has 0 saturated heterocycles. The van der Waals surface area contributed by atoms with Crippen LogP contribution in [0.4, 0.5) is 0 Å². The highest BCUT2D eigenvalue weighted by atomic mass is 32.1. The fraction of sp³-hybridized carbons (Fsp3) is 0.562. The topological polar surface area (TPSA) is 85.8 Å². The predicted molar refractivity (Wildman–Crippen MR) is 88.0 cm³/mol. The fourth-order valence-electron chi connectivity index (χ4n) is 3.34. The monoisotopic (exact) mass is 331 g/mol. The average molecular weight is 331 g/mol. The Labute approximate surface area is 139 Å². The summed E-state index contributed by atoms with van der Waals surface area (Å²) in [6, 6.07) is 1.85. The molecule has 0 spiro atoms. The quantitative estimate of drug-likeness (QED) is 0.900. The molecular formula is C16H21N5OS. The highest BCUT2D eigenvalue weighted by Crippen LogP contribution is 2.40. The van der Waals surface area contributed by atoms with Crippen molar-refractivity contribution in [1.82, 2.24) is 20.3 Å². The number of thiophene rings is 1. The maximum Gasteiger partial charge on any atom is 0.252 e. The van der Waals surface area contributed by atoms with Crippen LogP contribution in [0.1, 0.15) is 61.0 Å². The highest BCUT2D eigenvalue weighted by Gasteiger charge is 2.44. The van der Waals surface area contributed by atoms with Gasteiger partial charge in [0.2, 0.25) is 0 Å². The van der Waals surface area contributed by atoms with Crippen LogP contribution in [-0.2, 0) is 11.2 Å². The van der Waals surface area contributed by atoms with E-state index in [2.05, 4.69) is 15.6 Å². The van der Waals surface area contributed by atoms with Crippen molar-refractivity contribution in [2.24, 2.45) is 5.73 Å². The minimum absolute atomic E-state index is 0.0309. The lowest BCUT2D eigenvalue weighted by Crippen LogP contribution is -2.47. The second kappa shape index (κ2) is 5.42. The Morgan fingerprint density at radius 2 is 2.04 bits per heavy atom. The third-order valence-corrected chi connectivity index (χ3v) is 5.73. The molecule has 0 aromatic carbocycles. The molecule has 3 N–H and O–H groups in total. The van der Waals surface area contributed by atoms with Crippen molar-refractivity contribution in [3.8, 4) is 0 Å². The Morgan fingerprint density at radius 3 is 2.70 bits per heavy atom. The number of hydrogen-bond donors (Lipinski definition) is 2. The minimum Gasteiger partial charge on any atom is -0.341 e. The molecule has 0 aliphatic heterocycles. The fourth-order valence-corrected chi connectivity index (χ4v) is 3.98. The standard InChI is InChI=1S/C16H21N5OS/c17-16(7-8-16)21-10-13(19-20-21)15(5-2-1-3-6-15)18-14(22)12-4-9-23-11-12/h4,9-11H,1-3,5-8,17H2,(H,18,22). The number of nitrogens with zero attached hydrogens (tertiary/aromatic N) is 3. The molecule has 2 aliphatic carbocycles. The molecule has 2 saturated carbocycles. The lowest BCUT2D eigenvalue weighted by Gasteiger charge is -2.36. The zero-order chi connectivity index (χ0) is 15.9. The summed E-state index contributed by atoms with van der Waals surface area (Å²) < 4.78 is 1.77. The smallest absolute Gasteiger partial charge is 0.252 e. The van der Waals surface area contributed by atoms with Gasteiger partial charge >= 0.3 is 0 Å². The molecule has 0 bridgehead atoms. The Balaban J connectivity index is 1.63. The lowest BCUT2D eigenvalue weighted by molar-refractivity contribution is 0.0862. The van der Waals surface area contributed by atoms with Gasteiger partial charge in [0.1, 0.15) is 11.4 Å². The maximum absolute atomic E-state index is 12.6. The van der Waals surface area contributed by atoms with Crippen LogP contribution in [0.3, 0.4) is 0 Å². The van der Waals surface area contributed by atoms with E-state index in [9.17, 15) is 4.79 Å². The van der Waals surface area contributed by atoms with E-state index < -0.39 is 5.54 Å². The van der Waals surface area contributed by atoms with E-state index in [1.165, 1.54) is 17.8 Å². The molecule has 7 heteroatoms. The Morgan fingerprint density at radius 1 is 1.26 bits per heavy atom. The van der Waals surface area contributed by atoms with Crippen molar-refractivity contribution in [1.29, 1.82) is 0 Å². The van der Waals surface area contributed by atoms with Gasteiger partial charge in [0, 0.05) is 5.38 Å². The molecule has 0 unspecified atom stereocenters. The summed E-state index contributed by atoms with van der Waals surface area (Å²) >= 11 is 1.53. The first-order valence-electron chi connectivity index (χ1n) is 8.18. The summed E-state index contributed by atoms with van der Waals surface area (Å²) in [6.45, 7) is 0. The van der Waals surface area contributed by atoms with Crippen LogP contribution in [0.2, 0.25) is 0 Å². The molecule has 2 fully saturated rings. The number of nitrogens with one attached hydrogen (secondary N) is 1. The summed E-state index contributed by atoms with van der Waals surface area (Å²) in [5.74, 6) is -0.0309. The number of carbonyl (C=O) groups excluding carboxylic acids is 1.